The molecule has 1 unspecified atom stereocenters. The van der Waals surface area contributed by atoms with Crippen LogP contribution in [0.25, 0.3) is 11.8 Å². The molecule has 1 aliphatic heterocycles. The van der Waals surface area contributed by atoms with E-state index >= 15 is 0 Å². The fourth-order valence-electron chi connectivity index (χ4n) is 7.33. The lowest BCUT2D eigenvalue weighted by Gasteiger charge is -2.43. The lowest BCUT2D eigenvalue weighted by molar-refractivity contribution is 0.0781. The van der Waals surface area contributed by atoms with Crippen LogP contribution in [0, 0.1) is 22.6 Å². The highest BCUT2D eigenvalue weighted by atomic mass is 32.2. The van der Waals surface area contributed by atoms with E-state index in [4.69, 9.17) is 9.47 Å². The van der Waals surface area contributed by atoms with Gasteiger partial charge in [0.2, 0.25) is 10.0 Å². The number of sulfonamides is 1. The molecule has 1 saturated carbocycles. The standard InChI is InChI=1S/C31H36FN3O4S/c1-22-17-28-24(19-33-35(28)26-11-9-25(32)10-12-26)18-30(22,2)31-21-34(40(36,37)16-15-39-14-13-38-3)20-27(31)29(31)23-7-5-4-6-8-23/h4-12,17,19,27,29H,13-16,18,20-21H2,1-3H3/t27-,29-,30?,31+/m0/s1. The van der Waals surface area contributed by atoms with Gasteiger partial charge in [0.1, 0.15) is 5.82 Å². The van der Waals surface area contributed by atoms with E-state index in [0.29, 0.717) is 26.3 Å². The van der Waals surface area contributed by atoms with Crippen LogP contribution in [0.3, 0.4) is 0 Å². The van der Waals surface area contributed by atoms with Crippen LogP contribution in [0.1, 0.15) is 36.6 Å². The number of hydrogen-bond acceptors (Lipinski definition) is 5. The molecule has 40 heavy (non-hydrogen) atoms. The topological polar surface area (TPSA) is 73.7 Å². The number of hydrogen-bond donors (Lipinski definition) is 0. The van der Waals surface area contributed by atoms with Crippen LogP contribution in [0.4, 0.5) is 4.39 Å². The average Bonchev–Trinajstić information content (AvgIpc) is 3.19. The lowest BCUT2D eigenvalue weighted by atomic mass is 9.62. The highest BCUT2D eigenvalue weighted by molar-refractivity contribution is 7.89. The van der Waals surface area contributed by atoms with Gasteiger partial charge in [0.05, 0.1) is 43.2 Å². The van der Waals surface area contributed by atoms with Crippen LogP contribution in [0.5, 0.6) is 0 Å². The molecule has 0 radical (unpaired) electrons. The zero-order valence-electron chi connectivity index (χ0n) is 23.2. The molecule has 2 aliphatic carbocycles. The maximum Gasteiger partial charge on any atom is 0.216 e. The van der Waals surface area contributed by atoms with Crippen molar-refractivity contribution in [3.05, 3.63) is 89.0 Å². The molecule has 3 aromatic rings. The molecule has 0 spiro atoms. The Hall–Kier alpha value is -2.85. The van der Waals surface area contributed by atoms with Gasteiger partial charge in [0.15, 0.2) is 0 Å². The highest BCUT2D eigenvalue weighted by Crippen LogP contribution is 2.78. The molecule has 2 heterocycles. The molecule has 4 atom stereocenters. The number of halogens is 1. The second-order valence-electron chi connectivity index (χ2n) is 11.5. The molecule has 0 amide bonds. The molecule has 6 rings (SSSR count). The number of allylic oxidation sites excluding steroid dienone is 1. The predicted molar refractivity (Wildman–Crippen MR) is 152 cm³/mol. The van der Waals surface area contributed by atoms with E-state index in [0.717, 1.165) is 23.4 Å². The summed E-state index contributed by atoms with van der Waals surface area (Å²) in [6.07, 6.45) is 4.87. The first-order chi connectivity index (χ1) is 19.2. The Morgan fingerprint density at radius 2 is 1.82 bits per heavy atom. The third-order valence-corrected chi connectivity index (χ3v) is 11.3. The molecule has 9 heteroatoms. The van der Waals surface area contributed by atoms with Crippen molar-refractivity contribution in [1.82, 2.24) is 14.1 Å². The van der Waals surface area contributed by atoms with Crippen LogP contribution < -0.4 is 0 Å². The molecule has 7 nitrogen and oxygen atoms in total. The Labute approximate surface area is 235 Å². The molecule has 2 fully saturated rings. The van der Waals surface area contributed by atoms with E-state index in [2.05, 4.69) is 49.3 Å². The van der Waals surface area contributed by atoms with Gasteiger partial charge in [0, 0.05) is 31.0 Å². The van der Waals surface area contributed by atoms with Crippen molar-refractivity contribution in [2.75, 3.05) is 45.8 Å². The average molecular weight is 566 g/mol. The summed E-state index contributed by atoms with van der Waals surface area (Å²) >= 11 is 0. The van der Waals surface area contributed by atoms with Crippen LogP contribution in [-0.4, -0.2) is 68.3 Å². The summed E-state index contributed by atoms with van der Waals surface area (Å²) in [6, 6.07) is 16.9. The molecule has 1 saturated heterocycles. The van der Waals surface area contributed by atoms with E-state index in [-0.39, 0.29) is 40.8 Å². The Bertz CT molecular complexity index is 1520. The third-order valence-electron chi connectivity index (χ3n) is 9.57. The molecule has 1 aromatic heterocycles. The number of rotatable bonds is 10. The molecular formula is C31H36FN3O4S. The van der Waals surface area contributed by atoms with E-state index in [1.54, 1.807) is 23.5 Å². The summed E-state index contributed by atoms with van der Waals surface area (Å²) in [7, 11) is -1.88. The van der Waals surface area contributed by atoms with Gasteiger partial charge in [-0.15, -0.1) is 0 Å². The van der Waals surface area contributed by atoms with Crippen molar-refractivity contribution in [2.24, 2.45) is 16.7 Å². The van der Waals surface area contributed by atoms with Gasteiger partial charge in [-0.25, -0.2) is 21.8 Å². The highest BCUT2D eigenvalue weighted by Gasteiger charge is 2.77. The predicted octanol–water partition coefficient (Wildman–Crippen LogP) is 4.69. The van der Waals surface area contributed by atoms with Crippen LogP contribution in [0.2, 0.25) is 0 Å². The van der Waals surface area contributed by atoms with E-state index < -0.39 is 10.0 Å². The number of benzene rings is 2. The largest absolute Gasteiger partial charge is 0.382 e. The maximum absolute atomic E-state index is 13.6. The van der Waals surface area contributed by atoms with Crippen molar-refractivity contribution >= 4 is 16.1 Å². The third kappa shape index (κ3) is 4.34. The van der Waals surface area contributed by atoms with E-state index in [1.165, 1.54) is 23.3 Å². The minimum atomic E-state index is -3.47. The van der Waals surface area contributed by atoms with Gasteiger partial charge < -0.3 is 9.47 Å². The summed E-state index contributed by atoms with van der Waals surface area (Å²) in [6.45, 7) is 6.45. The quantitative estimate of drug-likeness (QED) is 0.334. The monoisotopic (exact) mass is 565 g/mol. The second kappa shape index (κ2) is 10.2. The van der Waals surface area contributed by atoms with Gasteiger partial charge in [0.25, 0.3) is 0 Å². The van der Waals surface area contributed by atoms with E-state index in [1.807, 2.05) is 16.9 Å². The minimum absolute atomic E-state index is 0.0321. The summed E-state index contributed by atoms with van der Waals surface area (Å²) in [5.41, 5.74) is 4.93. The molecule has 0 bridgehead atoms. The minimum Gasteiger partial charge on any atom is -0.382 e. The smallest absolute Gasteiger partial charge is 0.216 e. The van der Waals surface area contributed by atoms with Gasteiger partial charge in [-0.3, -0.25) is 0 Å². The maximum atomic E-state index is 13.6. The molecule has 3 aliphatic rings. The zero-order valence-corrected chi connectivity index (χ0v) is 24.0. The molecule has 0 N–H and O–H groups in total. The normalized spacial score (nSPS) is 27.8. The zero-order chi connectivity index (χ0) is 28.1. The van der Waals surface area contributed by atoms with Crippen LogP contribution >= 0.6 is 0 Å². The van der Waals surface area contributed by atoms with Gasteiger partial charge in [-0.1, -0.05) is 42.8 Å². The number of piperidine rings is 1. The molecule has 212 valence electrons. The Kier molecular flexibility index (Phi) is 6.97. The van der Waals surface area contributed by atoms with Crippen molar-refractivity contribution in [3.8, 4) is 5.69 Å². The van der Waals surface area contributed by atoms with E-state index in [9.17, 15) is 12.8 Å². The van der Waals surface area contributed by atoms with Gasteiger partial charge >= 0.3 is 0 Å². The fourth-order valence-corrected chi connectivity index (χ4v) is 8.72. The van der Waals surface area contributed by atoms with Crippen LogP contribution in [-0.2, 0) is 25.9 Å². The summed E-state index contributed by atoms with van der Waals surface area (Å²) in [5, 5.41) is 4.67. The van der Waals surface area contributed by atoms with Crippen molar-refractivity contribution in [2.45, 2.75) is 26.2 Å². The Balaban J connectivity index is 1.32. The Morgan fingerprint density at radius 1 is 1.07 bits per heavy atom. The van der Waals surface area contributed by atoms with Gasteiger partial charge in [-0.05, 0) is 66.6 Å². The second-order valence-corrected chi connectivity index (χ2v) is 13.6. The SMILES string of the molecule is COCCOCCS(=O)(=O)N1C[C@H]2[C@H](c3ccccc3)[C@@]2(C2(C)Cc3cnn(-c4ccc(F)cc4)c3C=C2C)C1. The summed E-state index contributed by atoms with van der Waals surface area (Å²) in [4.78, 5) is 0. The van der Waals surface area contributed by atoms with Crippen molar-refractivity contribution < 1.29 is 22.3 Å². The first-order valence-electron chi connectivity index (χ1n) is 13.8. The molecule has 2 aromatic carbocycles. The number of methoxy groups -OCH3 is 1. The van der Waals surface area contributed by atoms with Crippen molar-refractivity contribution in [1.29, 1.82) is 0 Å². The van der Waals surface area contributed by atoms with Crippen LogP contribution in [0.15, 0.2) is 66.4 Å². The number of fused-ring (bicyclic) bond motifs is 2. The van der Waals surface area contributed by atoms with Crippen molar-refractivity contribution in [3.63, 3.8) is 0 Å². The lowest BCUT2D eigenvalue weighted by Crippen LogP contribution is -2.43. The molecular weight excluding hydrogens is 529 g/mol. The number of nitrogens with zero attached hydrogens (tertiary/aromatic N) is 3. The fraction of sp³-hybridized carbons (Fsp3) is 0.452. The number of ether oxygens (including phenoxy) is 2. The number of aromatic nitrogens is 2. The van der Waals surface area contributed by atoms with Gasteiger partial charge in [-0.2, -0.15) is 5.10 Å². The summed E-state index contributed by atoms with van der Waals surface area (Å²) in [5.74, 6) is 0.189. The first kappa shape index (κ1) is 27.3. The summed E-state index contributed by atoms with van der Waals surface area (Å²) < 4.78 is 54.5. The first-order valence-corrected chi connectivity index (χ1v) is 15.4. The Morgan fingerprint density at radius 3 is 2.55 bits per heavy atom.